The smallest absolute Gasteiger partial charge is 0.268 e. The number of halogens is 2. The number of nitrogens with zero attached hydrogens (tertiary/aromatic N) is 1. The Hall–Kier alpha value is -2.74. The number of carbonyl (C=O) groups is 1. The first-order valence-corrected chi connectivity index (χ1v) is 12.2. The van der Waals surface area contributed by atoms with Crippen molar-refractivity contribution in [3.05, 3.63) is 81.3 Å². The van der Waals surface area contributed by atoms with Gasteiger partial charge in [0.15, 0.2) is 0 Å². The molecule has 0 heterocycles. The summed E-state index contributed by atoms with van der Waals surface area (Å²) in [5.74, 6) is -0.345. The van der Waals surface area contributed by atoms with Crippen molar-refractivity contribution in [2.75, 3.05) is 23.3 Å². The minimum absolute atomic E-state index is 0.0218. The molecular weight excluding hydrogens is 483 g/mol. The summed E-state index contributed by atoms with van der Waals surface area (Å²) in [6.07, 6.45) is 0. The fraction of sp³-hybridized carbons (Fsp3) is 0.208. The Balaban J connectivity index is 2.05. The van der Waals surface area contributed by atoms with E-state index in [2.05, 4.69) is 5.32 Å². The van der Waals surface area contributed by atoms with Crippen LogP contribution in [0.3, 0.4) is 0 Å². The number of amides is 1. The van der Waals surface area contributed by atoms with Gasteiger partial charge in [0.1, 0.15) is 17.2 Å². The Morgan fingerprint density at radius 3 is 2.18 bits per heavy atom. The van der Waals surface area contributed by atoms with Crippen molar-refractivity contribution in [3.63, 3.8) is 0 Å². The van der Waals surface area contributed by atoms with Gasteiger partial charge in [0.05, 0.1) is 22.8 Å². The highest BCUT2D eigenvalue weighted by Crippen LogP contribution is 2.32. The molecule has 0 aliphatic carbocycles. The quantitative estimate of drug-likeness (QED) is 0.441. The van der Waals surface area contributed by atoms with Crippen molar-refractivity contribution in [3.8, 4) is 5.75 Å². The van der Waals surface area contributed by atoms with Crippen molar-refractivity contribution in [2.24, 2.45) is 0 Å². The molecule has 0 saturated heterocycles. The molecule has 0 saturated carbocycles. The molecule has 3 aromatic rings. The molecule has 0 aliphatic heterocycles. The number of anilines is 2. The van der Waals surface area contributed by atoms with E-state index in [-0.39, 0.29) is 15.7 Å². The number of sulfonamides is 1. The van der Waals surface area contributed by atoms with Crippen molar-refractivity contribution in [1.29, 1.82) is 0 Å². The normalized spacial score (nSPS) is 11.2. The molecular formula is C24H24Cl2N2O4S. The van der Waals surface area contributed by atoms with E-state index in [0.29, 0.717) is 16.4 Å². The van der Waals surface area contributed by atoms with Crippen molar-refractivity contribution in [1.82, 2.24) is 0 Å². The second kappa shape index (κ2) is 10.0. The molecule has 1 N–H and O–H groups in total. The summed E-state index contributed by atoms with van der Waals surface area (Å²) in [6.45, 7) is 5.06. The van der Waals surface area contributed by atoms with E-state index in [0.717, 1.165) is 21.0 Å². The molecule has 0 bridgehead atoms. The maximum Gasteiger partial charge on any atom is 0.268 e. The molecule has 1 amide bonds. The second-order valence-corrected chi connectivity index (χ2v) is 10.3. The average molecular weight is 507 g/mol. The van der Waals surface area contributed by atoms with Crippen LogP contribution in [0.2, 0.25) is 10.0 Å². The number of carbonyl (C=O) groups excluding carboxylic acids is 1. The van der Waals surface area contributed by atoms with Crippen molar-refractivity contribution < 1.29 is 17.9 Å². The maximum atomic E-state index is 13.8. The standard InChI is InChI=1S/C24H24Cl2N2O4S/c1-15-5-8-22(32-4)23(12-15)33(30,31)28(19-10-16(2)9-17(3)11-19)14-24(29)27-18-6-7-20(25)21(26)13-18/h5-13H,14H2,1-4H3,(H,27,29). The van der Waals surface area contributed by atoms with E-state index >= 15 is 0 Å². The van der Waals surface area contributed by atoms with Gasteiger partial charge in [-0.25, -0.2) is 8.42 Å². The molecule has 33 heavy (non-hydrogen) atoms. The first-order valence-electron chi connectivity index (χ1n) is 10.0. The summed E-state index contributed by atoms with van der Waals surface area (Å²) in [6, 6.07) is 14.9. The summed E-state index contributed by atoms with van der Waals surface area (Å²) in [5.41, 5.74) is 3.26. The van der Waals surface area contributed by atoms with E-state index < -0.39 is 22.5 Å². The molecule has 0 aliphatic rings. The fourth-order valence-corrected chi connectivity index (χ4v) is 5.36. The molecule has 0 radical (unpaired) electrons. The van der Waals surface area contributed by atoms with E-state index in [1.54, 1.807) is 43.3 Å². The van der Waals surface area contributed by atoms with Gasteiger partial charge < -0.3 is 10.1 Å². The molecule has 0 unspecified atom stereocenters. The Morgan fingerprint density at radius 2 is 1.58 bits per heavy atom. The van der Waals surface area contributed by atoms with Crippen molar-refractivity contribution in [2.45, 2.75) is 25.7 Å². The van der Waals surface area contributed by atoms with Crippen LogP contribution in [0, 0.1) is 20.8 Å². The van der Waals surface area contributed by atoms with Crippen molar-refractivity contribution >= 4 is 50.5 Å². The molecule has 0 spiro atoms. The van der Waals surface area contributed by atoms with Crippen LogP contribution in [0.5, 0.6) is 5.75 Å². The van der Waals surface area contributed by atoms with E-state index in [1.165, 1.54) is 19.2 Å². The largest absolute Gasteiger partial charge is 0.495 e. The molecule has 9 heteroatoms. The number of methoxy groups -OCH3 is 1. The van der Waals surface area contributed by atoms with Crippen LogP contribution in [0.25, 0.3) is 0 Å². The first-order chi connectivity index (χ1) is 15.5. The second-order valence-electron chi connectivity index (χ2n) is 7.69. The van der Waals surface area contributed by atoms with Crippen LogP contribution >= 0.6 is 23.2 Å². The average Bonchev–Trinajstić information content (AvgIpc) is 2.73. The lowest BCUT2D eigenvalue weighted by atomic mass is 10.1. The molecule has 3 aromatic carbocycles. The zero-order valence-electron chi connectivity index (χ0n) is 18.6. The SMILES string of the molecule is COc1ccc(C)cc1S(=O)(=O)N(CC(=O)Nc1ccc(Cl)c(Cl)c1)c1cc(C)cc(C)c1. The Labute approximate surface area is 204 Å². The lowest BCUT2D eigenvalue weighted by molar-refractivity contribution is -0.114. The highest BCUT2D eigenvalue weighted by molar-refractivity contribution is 7.93. The molecule has 174 valence electrons. The lowest BCUT2D eigenvalue weighted by Crippen LogP contribution is -2.38. The third-order valence-electron chi connectivity index (χ3n) is 4.87. The number of nitrogens with one attached hydrogen (secondary N) is 1. The minimum Gasteiger partial charge on any atom is -0.495 e. The van der Waals surface area contributed by atoms with Crippen LogP contribution in [-0.4, -0.2) is 28.0 Å². The Morgan fingerprint density at radius 1 is 0.909 bits per heavy atom. The summed E-state index contributed by atoms with van der Waals surface area (Å²) in [4.78, 5) is 12.9. The fourth-order valence-electron chi connectivity index (χ4n) is 3.42. The van der Waals surface area contributed by atoms with Crippen LogP contribution in [0.15, 0.2) is 59.5 Å². The first kappa shape index (κ1) is 24.9. The summed E-state index contributed by atoms with van der Waals surface area (Å²) in [7, 11) is -2.75. The van der Waals surface area contributed by atoms with Gasteiger partial charge in [0.2, 0.25) is 5.91 Å². The number of benzene rings is 3. The monoisotopic (exact) mass is 506 g/mol. The number of aryl methyl sites for hydroxylation is 3. The minimum atomic E-state index is -4.15. The third-order valence-corrected chi connectivity index (χ3v) is 7.41. The molecule has 0 fully saturated rings. The van der Waals surface area contributed by atoms with Gasteiger partial charge in [0, 0.05) is 5.69 Å². The lowest BCUT2D eigenvalue weighted by Gasteiger charge is -2.26. The molecule has 3 rings (SSSR count). The number of hydrogen-bond donors (Lipinski definition) is 1. The van der Waals surface area contributed by atoms with Gasteiger partial charge in [-0.1, -0.05) is 35.3 Å². The van der Waals surface area contributed by atoms with Gasteiger partial charge >= 0.3 is 0 Å². The molecule has 0 atom stereocenters. The van der Waals surface area contributed by atoms with Crippen LogP contribution in [-0.2, 0) is 14.8 Å². The summed E-state index contributed by atoms with van der Waals surface area (Å²) < 4.78 is 34.0. The van der Waals surface area contributed by atoms with E-state index in [4.69, 9.17) is 27.9 Å². The highest BCUT2D eigenvalue weighted by Gasteiger charge is 2.30. The summed E-state index contributed by atoms with van der Waals surface area (Å²) in [5, 5.41) is 3.31. The number of ether oxygens (including phenoxy) is 1. The van der Waals surface area contributed by atoms with E-state index in [9.17, 15) is 13.2 Å². The zero-order chi connectivity index (χ0) is 24.3. The topological polar surface area (TPSA) is 75.7 Å². The maximum absolute atomic E-state index is 13.8. The summed E-state index contributed by atoms with van der Waals surface area (Å²) >= 11 is 12.0. The third kappa shape index (κ3) is 5.79. The molecule has 0 aromatic heterocycles. The van der Waals surface area contributed by atoms with Gasteiger partial charge in [-0.15, -0.1) is 0 Å². The predicted octanol–water partition coefficient (Wildman–Crippen LogP) is 5.76. The van der Waals surface area contributed by atoms with Crippen LogP contribution < -0.4 is 14.4 Å². The number of hydrogen-bond acceptors (Lipinski definition) is 4. The van der Waals surface area contributed by atoms with Gasteiger partial charge in [0.25, 0.3) is 10.0 Å². The van der Waals surface area contributed by atoms with Gasteiger partial charge in [-0.3, -0.25) is 9.10 Å². The zero-order valence-corrected chi connectivity index (χ0v) is 21.0. The Bertz CT molecular complexity index is 1290. The number of rotatable bonds is 7. The highest BCUT2D eigenvalue weighted by atomic mass is 35.5. The predicted molar refractivity (Wildman–Crippen MR) is 133 cm³/mol. The van der Waals surface area contributed by atoms with Crippen LogP contribution in [0.1, 0.15) is 16.7 Å². The van der Waals surface area contributed by atoms with Gasteiger partial charge in [-0.05, 0) is 79.9 Å². The van der Waals surface area contributed by atoms with E-state index in [1.807, 2.05) is 19.9 Å². The Kier molecular flexibility index (Phi) is 7.57. The van der Waals surface area contributed by atoms with Crippen LogP contribution in [0.4, 0.5) is 11.4 Å². The van der Waals surface area contributed by atoms with Gasteiger partial charge in [-0.2, -0.15) is 0 Å². The molecule has 6 nitrogen and oxygen atoms in total.